The van der Waals surface area contributed by atoms with Gasteiger partial charge < -0.3 is 15.2 Å². The maximum absolute atomic E-state index is 12.4. The maximum atomic E-state index is 12.4. The number of allylic oxidation sites excluding steroid dienone is 1. The molecule has 1 fully saturated rings. The Balaban J connectivity index is 1.88. The van der Waals surface area contributed by atoms with Gasteiger partial charge in [-0.1, -0.05) is 13.8 Å². The number of nitrogens with one attached hydrogen (secondary N) is 1. The molecule has 0 radical (unpaired) electrons. The molecule has 23 heavy (non-hydrogen) atoms. The molecule has 0 aromatic carbocycles. The summed E-state index contributed by atoms with van der Waals surface area (Å²) in [5, 5.41) is 13.9. The van der Waals surface area contributed by atoms with Gasteiger partial charge in [0.15, 0.2) is 0 Å². The van der Waals surface area contributed by atoms with Crippen molar-refractivity contribution in [2.75, 3.05) is 26.4 Å². The summed E-state index contributed by atoms with van der Waals surface area (Å²) in [5.41, 5.74) is -0.0177. The molecule has 2 rings (SSSR count). The van der Waals surface area contributed by atoms with Crippen LogP contribution in [0.4, 0.5) is 0 Å². The molecule has 0 spiro atoms. The van der Waals surface area contributed by atoms with Crippen molar-refractivity contribution in [3.63, 3.8) is 0 Å². The van der Waals surface area contributed by atoms with E-state index in [2.05, 4.69) is 10.3 Å². The highest BCUT2D eigenvalue weighted by Gasteiger charge is 2.32. The van der Waals surface area contributed by atoms with Crippen LogP contribution in [0.15, 0.2) is 16.4 Å². The third-order valence-corrected chi connectivity index (χ3v) is 6.20. The molecule has 0 aliphatic carbocycles. The Morgan fingerprint density at radius 2 is 2.00 bits per heavy atom. The van der Waals surface area contributed by atoms with Crippen molar-refractivity contribution < 1.29 is 14.6 Å². The second-order valence-corrected chi connectivity index (χ2v) is 8.89. The molecule has 0 aromatic rings. The van der Waals surface area contributed by atoms with E-state index in [1.54, 1.807) is 0 Å². The number of carbonyl (C=O) groups is 1. The summed E-state index contributed by atoms with van der Waals surface area (Å²) < 4.78 is 5.36. The lowest BCUT2D eigenvalue weighted by Crippen LogP contribution is -2.48. The number of rotatable bonds is 6. The molecular weight excluding hydrogens is 311 g/mol. The van der Waals surface area contributed by atoms with Gasteiger partial charge in [-0.15, -0.1) is 0 Å². The lowest BCUT2D eigenvalue weighted by molar-refractivity contribution is -0.123. The van der Waals surface area contributed by atoms with Crippen LogP contribution >= 0.6 is 8.58 Å². The van der Waals surface area contributed by atoms with Gasteiger partial charge in [-0.3, -0.25) is 4.79 Å². The molecule has 2 heterocycles. The molecule has 2 aliphatic rings. The van der Waals surface area contributed by atoms with Gasteiger partial charge in [0.1, 0.15) is 0 Å². The van der Waals surface area contributed by atoms with Crippen LogP contribution in [0.3, 0.4) is 0 Å². The van der Waals surface area contributed by atoms with Gasteiger partial charge >= 0.3 is 0 Å². The number of nitrogens with zero attached hydrogens (tertiary/aromatic N) is 1. The fourth-order valence-corrected chi connectivity index (χ4v) is 3.50. The highest BCUT2D eigenvalue weighted by molar-refractivity contribution is 7.66. The average Bonchev–Trinajstić information content (AvgIpc) is 2.49. The van der Waals surface area contributed by atoms with Crippen molar-refractivity contribution in [2.24, 2.45) is 16.3 Å². The largest absolute Gasteiger partial charge is 0.395 e. The van der Waals surface area contributed by atoms with Gasteiger partial charge in [-0.2, -0.15) is 0 Å². The van der Waals surface area contributed by atoms with Crippen molar-refractivity contribution in [1.29, 1.82) is 0 Å². The van der Waals surface area contributed by atoms with Crippen LogP contribution < -0.4 is 5.32 Å². The first kappa shape index (κ1) is 18.7. The van der Waals surface area contributed by atoms with Crippen molar-refractivity contribution in [1.82, 2.24) is 5.32 Å². The topological polar surface area (TPSA) is 70.9 Å². The Hall–Kier alpha value is -0.610. The Kier molecular flexibility index (Phi) is 6.12. The van der Waals surface area contributed by atoms with Crippen molar-refractivity contribution in [3.8, 4) is 0 Å². The standard InChI is InChI=1S/C17H29N2O3P/c1-16(2,11-20)13-9-14(23-13)19-15(21)17(3,4)18-10-12-5-7-22-8-6-12/h9,12,18,20,23H,5-8,10-11H2,1-4H3. The lowest BCUT2D eigenvalue weighted by atomic mass is 9.93. The number of aliphatic hydroxyl groups is 1. The van der Waals surface area contributed by atoms with Crippen molar-refractivity contribution in [3.05, 3.63) is 11.4 Å². The van der Waals surface area contributed by atoms with E-state index in [-0.39, 0.29) is 17.9 Å². The van der Waals surface area contributed by atoms with Crippen LogP contribution in [-0.4, -0.2) is 48.4 Å². The Morgan fingerprint density at radius 3 is 2.57 bits per heavy atom. The molecule has 2 N–H and O–H groups in total. The summed E-state index contributed by atoms with van der Waals surface area (Å²) >= 11 is 0. The molecule has 130 valence electrons. The normalized spacial score (nSPS) is 23.0. The second kappa shape index (κ2) is 7.52. The minimum Gasteiger partial charge on any atom is -0.395 e. The van der Waals surface area contributed by atoms with Crippen molar-refractivity contribution in [2.45, 2.75) is 46.1 Å². The van der Waals surface area contributed by atoms with Gasteiger partial charge in [0.05, 0.1) is 17.6 Å². The SMILES string of the molecule is CC(C)(CO)C1=CC(=NC(=O)C(C)(C)NCC2CCOCC2)P1. The first-order valence-corrected chi connectivity index (χ1v) is 9.30. The summed E-state index contributed by atoms with van der Waals surface area (Å²) in [7, 11) is 0.426. The fraction of sp³-hybridized carbons (Fsp3) is 0.765. The quantitative estimate of drug-likeness (QED) is 0.728. The predicted octanol–water partition coefficient (Wildman–Crippen LogP) is 2.30. The zero-order valence-corrected chi connectivity index (χ0v) is 15.6. The molecule has 2 aliphatic heterocycles. The van der Waals surface area contributed by atoms with E-state index >= 15 is 0 Å². The summed E-state index contributed by atoms with van der Waals surface area (Å²) in [4.78, 5) is 16.7. The molecule has 0 bridgehead atoms. The van der Waals surface area contributed by atoms with Crippen LogP contribution in [0.1, 0.15) is 40.5 Å². The zero-order chi connectivity index (χ0) is 17.1. The molecule has 6 heteroatoms. The summed E-state index contributed by atoms with van der Waals surface area (Å²) in [5.74, 6) is 0.454. The number of aliphatic hydroxyl groups excluding tert-OH is 1. The van der Waals surface area contributed by atoms with Gasteiger partial charge in [0.25, 0.3) is 5.91 Å². The zero-order valence-electron chi connectivity index (χ0n) is 14.6. The Labute approximate surface area is 140 Å². The smallest absolute Gasteiger partial charge is 0.265 e. The summed E-state index contributed by atoms with van der Waals surface area (Å²) in [6.45, 7) is 10.4. The number of ether oxygens (including phenoxy) is 1. The highest BCUT2D eigenvalue weighted by Crippen LogP contribution is 2.47. The first-order chi connectivity index (χ1) is 10.7. The number of aliphatic imine (C=N–C) groups is 1. The average molecular weight is 340 g/mol. The van der Waals surface area contributed by atoms with E-state index in [4.69, 9.17) is 4.74 Å². The van der Waals surface area contributed by atoms with Crippen LogP contribution in [0.2, 0.25) is 0 Å². The molecule has 0 saturated carbocycles. The number of carbonyl (C=O) groups excluding carboxylic acids is 1. The summed E-state index contributed by atoms with van der Waals surface area (Å²) in [6.07, 6.45) is 4.05. The molecule has 5 nitrogen and oxygen atoms in total. The van der Waals surface area contributed by atoms with Gasteiger partial charge in [-0.05, 0) is 59.1 Å². The number of amides is 1. The monoisotopic (exact) mass is 340 g/mol. The van der Waals surface area contributed by atoms with E-state index in [9.17, 15) is 9.90 Å². The minimum absolute atomic E-state index is 0.116. The Morgan fingerprint density at radius 1 is 1.39 bits per heavy atom. The highest BCUT2D eigenvalue weighted by atomic mass is 31.1. The second-order valence-electron chi connectivity index (χ2n) is 7.59. The van der Waals surface area contributed by atoms with Crippen LogP contribution in [0, 0.1) is 11.3 Å². The van der Waals surface area contributed by atoms with Crippen LogP contribution in [-0.2, 0) is 9.53 Å². The minimum atomic E-state index is -0.647. The van der Waals surface area contributed by atoms with Gasteiger partial charge in [0, 0.05) is 18.6 Å². The predicted molar refractivity (Wildman–Crippen MR) is 95.3 cm³/mol. The fourth-order valence-electron chi connectivity index (χ4n) is 2.45. The molecule has 1 unspecified atom stereocenters. The van der Waals surface area contributed by atoms with E-state index in [1.165, 1.54) is 5.31 Å². The lowest BCUT2D eigenvalue weighted by Gasteiger charge is -2.32. The third-order valence-electron chi connectivity index (χ3n) is 4.60. The molecule has 1 atom stereocenters. The van der Waals surface area contributed by atoms with E-state index in [0.29, 0.717) is 14.5 Å². The van der Waals surface area contributed by atoms with Crippen LogP contribution in [0.5, 0.6) is 0 Å². The maximum Gasteiger partial charge on any atom is 0.265 e. The van der Waals surface area contributed by atoms with Gasteiger partial charge in [0.2, 0.25) is 0 Å². The van der Waals surface area contributed by atoms with E-state index < -0.39 is 5.54 Å². The third kappa shape index (κ3) is 4.93. The van der Waals surface area contributed by atoms with Gasteiger partial charge in [-0.25, -0.2) is 4.99 Å². The molecule has 0 aromatic heterocycles. The number of hydrogen-bond donors (Lipinski definition) is 2. The molecular formula is C17H29N2O3P. The van der Waals surface area contributed by atoms with Crippen molar-refractivity contribution >= 4 is 19.9 Å². The number of hydrogen-bond acceptors (Lipinski definition) is 4. The van der Waals surface area contributed by atoms with Crippen LogP contribution in [0.25, 0.3) is 0 Å². The summed E-state index contributed by atoms with van der Waals surface area (Å²) in [6, 6.07) is 0. The first-order valence-electron chi connectivity index (χ1n) is 8.30. The molecule has 1 saturated heterocycles. The van der Waals surface area contributed by atoms with E-state index in [1.807, 2.05) is 33.8 Å². The van der Waals surface area contributed by atoms with E-state index in [0.717, 1.165) is 38.1 Å². The Bertz CT molecular complexity index is 506. The molecule has 1 amide bonds.